The Labute approximate surface area is 167 Å². The third-order valence-corrected chi connectivity index (χ3v) is 9.89. The third-order valence-electron chi connectivity index (χ3n) is 9.89. The number of fused-ring (bicyclic) bond motifs is 2. The van der Waals surface area contributed by atoms with Crippen LogP contribution in [-0.2, 0) is 9.53 Å². The Morgan fingerprint density at radius 3 is 2.43 bits per heavy atom. The van der Waals surface area contributed by atoms with Crippen molar-refractivity contribution in [1.29, 1.82) is 0 Å². The predicted molar refractivity (Wildman–Crippen MR) is 102 cm³/mol. The van der Waals surface area contributed by atoms with E-state index in [0.29, 0.717) is 18.8 Å². The minimum atomic E-state index is -0.987. The molecule has 9 atom stereocenters. The normalized spacial score (nSPS) is 55.3. The van der Waals surface area contributed by atoms with Crippen molar-refractivity contribution < 1.29 is 30.0 Å². The van der Waals surface area contributed by atoms with Gasteiger partial charge in [0.15, 0.2) is 0 Å². The van der Waals surface area contributed by atoms with Crippen molar-refractivity contribution in [2.24, 2.45) is 34.0 Å². The molecule has 4 aliphatic rings. The smallest absolute Gasteiger partial charge is 0.302 e. The van der Waals surface area contributed by atoms with Crippen LogP contribution in [-0.4, -0.2) is 57.4 Å². The van der Waals surface area contributed by atoms with E-state index in [9.17, 15) is 25.2 Å². The van der Waals surface area contributed by atoms with Crippen LogP contribution in [0.3, 0.4) is 0 Å². The maximum atomic E-state index is 11.3. The molecule has 4 aliphatic carbocycles. The third kappa shape index (κ3) is 2.44. The van der Waals surface area contributed by atoms with Crippen molar-refractivity contribution in [2.45, 2.75) is 83.5 Å². The largest absolute Gasteiger partial charge is 0.463 e. The zero-order chi connectivity index (χ0) is 20.5. The van der Waals surface area contributed by atoms with Gasteiger partial charge in [-0.05, 0) is 61.7 Å². The Morgan fingerprint density at radius 1 is 1.07 bits per heavy atom. The number of rotatable bonds is 3. The van der Waals surface area contributed by atoms with Gasteiger partial charge in [0, 0.05) is 24.2 Å². The van der Waals surface area contributed by atoms with Gasteiger partial charge < -0.3 is 25.2 Å². The summed E-state index contributed by atoms with van der Waals surface area (Å²) in [5.74, 6) is 0.142. The average Bonchev–Trinajstić information content (AvgIpc) is 3.00. The number of ether oxygens (including phenoxy) is 1. The SMILES string of the molecule is CC(=O)OC[C@@]1(O)CC[C@]23C[C@H]1C[C@@H]2CC[C@H]1[C@](C)(CO)[C@H](O)C[C@@H](O)[C@@]13C. The first-order valence-corrected chi connectivity index (χ1v) is 10.9. The van der Waals surface area contributed by atoms with Gasteiger partial charge in [0.25, 0.3) is 0 Å². The van der Waals surface area contributed by atoms with Crippen LogP contribution < -0.4 is 0 Å². The number of hydrogen-bond acceptors (Lipinski definition) is 6. The molecule has 2 bridgehead atoms. The molecule has 160 valence electrons. The van der Waals surface area contributed by atoms with E-state index in [1.54, 1.807) is 0 Å². The van der Waals surface area contributed by atoms with Crippen molar-refractivity contribution in [2.75, 3.05) is 13.2 Å². The summed E-state index contributed by atoms with van der Waals surface area (Å²) in [5, 5.41) is 43.4. The number of aliphatic hydroxyl groups is 4. The second-order valence-corrected chi connectivity index (χ2v) is 10.7. The lowest BCUT2D eigenvalue weighted by Gasteiger charge is -2.68. The number of esters is 1. The molecule has 0 unspecified atom stereocenters. The number of hydrogen-bond donors (Lipinski definition) is 4. The number of carbonyl (C=O) groups excluding carboxylic acids is 1. The Morgan fingerprint density at radius 2 is 1.79 bits per heavy atom. The zero-order valence-corrected chi connectivity index (χ0v) is 17.4. The van der Waals surface area contributed by atoms with Crippen LogP contribution in [0.15, 0.2) is 0 Å². The van der Waals surface area contributed by atoms with Crippen molar-refractivity contribution >= 4 is 5.97 Å². The Balaban J connectivity index is 1.69. The van der Waals surface area contributed by atoms with Gasteiger partial charge in [-0.1, -0.05) is 13.8 Å². The van der Waals surface area contributed by atoms with Crippen molar-refractivity contribution in [3.63, 3.8) is 0 Å². The highest BCUT2D eigenvalue weighted by Gasteiger charge is 2.72. The minimum absolute atomic E-state index is 0.0402. The zero-order valence-electron chi connectivity index (χ0n) is 17.4. The Kier molecular flexibility index (Phi) is 4.70. The maximum Gasteiger partial charge on any atom is 0.302 e. The van der Waals surface area contributed by atoms with Crippen molar-refractivity contribution in [3.05, 3.63) is 0 Å². The highest BCUT2D eigenvalue weighted by Crippen LogP contribution is 2.75. The summed E-state index contributed by atoms with van der Waals surface area (Å²) in [4.78, 5) is 11.3. The summed E-state index contributed by atoms with van der Waals surface area (Å²) in [6, 6.07) is 0. The molecule has 28 heavy (non-hydrogen) atoms. The van der Waals surface area contributed by atoms with E-state index in [0.717, 1.165) is 32.1 Å². The first kappa shape index (κ1) is 20.6. The highest BCUT2D eigenvalue weighted by molar-refractivity contribution is 5.66. The van der Waals surface area contributed by atoms with Crippen LogP contribution in [0, 0.1) is 34.0 Å². The molecule has 0 aliphatic heterocycles. The molecule has 4 saturated carbocycles. The second-order valence-electron chi connectivity index (χ2n) is 10.7. The number of carbonyl (C=O) groups is 1. The topological polar surface area (TPSA) is 107 Å². The average molecular weight is 397 g/mol. The molecule has 0 aromatic rings. The van der Waals surface area contributed by atoms with Gasteiger partial charge in [-0.15, -0.1) is 0 Å². The molecule has 4 fully saturated rings. The predicted octanol–water partition coefficient (Wildman–Crippen LogP) is 1.63. The van der Waals surface area contributed by atoms with Gasteiger partial charge in [0.1, 0.15) is 12.2 Å². The molecule has 0 aromatic heterocycles. The first-order valence-electron chi connectivity index (χ1n) is 10.9. The summed E-state index contributed by atoms with van der Waals surface area (Å²) in [7, 11) is 0. The van der Waals surface area contributed by atoms with E-state index in [1.165, 1.54) is 6.92 Å². The summed E-state index contributed by atoms with van der Waals surface area (Å²) in [6.07, 6.45) is 3.90. The molecular formula is C22H36O6. The molecule has 6 heteroatoms. The lowest BCUT2D eigenvalue weighted by atomic mass is 9.38. The summed E-state index contributed by atoms with van der Waals surface area (Å²) in [5.41, 5.74) is -2.10. The molecule has 6 nitrogen and oxygen atoms in total. The first-order chi connectivity index (χ1) is 13.0. The van der Waals surface area contributed by atoms with Gasteiger partial charge >= 0.3 is 5.97 Å². The van der Waals surface area contributed by atoms with Crippen LogP contribution in [0.5, 0.6) is 0 Å². The minimum Gasteiger partial charge on any atom is -0.463 e. The van der Waals surface area contributed by atoms with Gasteiger partial charge in [-0.3, -0.25) is 4.79 Å². The molecule has 0 saturated heterocycles. The van der Waals surface area contributed by atoms with E-state index in [4.69, 9.17) is 4.74 Å². The lowest BCUT2D eigenvalue weighted by Crippen LogP contribution is -2.68. The Bertz CT molecular complexity index is 653. The molecule has 0 amide bonds. The van der Waals surface area contributed by atoms with E-state index >= 15 is 0 Å². The van der Waals surface area contributed by atoms with Gasteiger partial charge in [0.05, 0.1) is 18.8 Å². The fourth-order valence-corrected chi connectivity index (χ4v) is 8.12. The molecule has 0 heterocycles. The van der Waals surface area contributed by atoms with Gasteiger partial charge in [-0.25, -0.2) is 0 Å². The molecule has 0 aromatic carbocycles. The number of aliphatic hydroxyl groups excluding tert-OH is 3. The van der Waals surface area contributed by atoms with Gasteiger partial charge in [-0.2, -0.15) is 0 Å². The fourth-order valence-electron chi connectivity index (χ4n) is 8.12. The standard InChI is InChI=1S/C22H36O6/c1-13(24)28-12-22(27)7-6-21-10-15(22)8-14(21)4-5-16-19(2,11-23)17(25)9-18(26)20(16,21)3/h14-18,23,25-27H,4-12H2,1-3H3/t14-,15+,16-,17+,18+,19-,20+,21-,22-/m0/s1. The summed E-state index contributed by atoms with van der Waals surface area (Å²) >= 11 is 0. The van der Waals surface area contributed by atoms with Crippen molar-refractivity contribution in [1.82, 2.24) is 0 Å². The highest BCUT2D eigenvalue weighted by atomic mass is 16.5. The monoisotopic (exact) mass is 396 g/mol. The lowest BCUT2D eigenvalue weighted by molar-refractivity contribution is -0.259. The van der Waals surface area contributed by atoms with Crippen LogP contribution >= 0.6 is 0 Å². The van der Waals surface area contributed by atoms with E-state index in [1.807, 2.05) is 6.92 Å². The second kappa shape index (κ2) is 6.40. The molecule has 4 rings (SSSR count). The van der Waals surface area contributed by atoms with E-state index in [-0.39, 0.29) is 36.4 Å². The summed E-state index contributed by atoms with van der Waals surface area (Å²) < 4.78 is 5.20. The van der Waals surface area contributed by atoms with Crippen molar-refractivity contribution in [3.8, 4) is 0 Å². The van der Waals surface area contributed by atoms with Crippen LogP contribution in [0.4, 0.5) is 0 Å². The van der Waals surface area contributed by atoms with E-state index < -0.39 is 28.6 Å². The molecular weight excluding hydrogens is 360 g/mol. The van der Waals surface area contributed by atoms with E-state index in [2.05, 4.69) is 6.92 Å². The molecule has 1 spiro atoms. The molecule has 4 N–H and O–H groups in total. The quantitative estimate of drug-likeness (QED) is 0.540. The van der Waals surface area contributed by atoms with Gasteiger partial charge in [0.2, 0.25) is 0 Å². The maximum absolute atomic E-state index is 11.3. The Hall–Kier alpha value is -0.690. The van der Waals surface area contributed by atoms with Crippen LogP contribution in [0.1, 0.15) is 65.7 Å². The van der Waals surface area contributed by atoms with Crippen LogP contribution in [0.25, 0.3) is 0 Å². The summed E-state index contributed by atoms with van der Waals surface area (Å²) in [6.45, 7) is 5.48. The van der Waals surface area contributed by atoms with Crippen LogP contribution in [0.2, 0.25) is 0 Å². The fraction of sp³-hybridized carbons (Fsp3) is 0.955. The molecule has 0 radical (unpaired) electrons.